The summed E-state index contributed by atoms with van der Waals surface area (Å²) in [5.41, 5.74) is 2.22. The van der Waals surface area contributed by atoms with Gasteiger partial charge in [0.25, 0.3) is 5.91 Å². The van der Waals surface area contributed by atoms with Gasteiger partial charge in [0.2, 0.25) is 0 Å². The molecule has 14 heteroatoms. The number of nitrogens with one attached hydrogen (secondary N) is 1. The Morgan fingerprint density at radius 1 is 1.17 bits per heavy atom. The van der Waals surface area contributed by atoms with Gasteiger partial charge in [0.05, 0.1) is 23.1 Å². The highest BCUT2D eigenvalue weighted by atomic mass is 32.1. The number of aryl methyl sites for hydroxylation is 2. The molecule has 0 saturated carbocycles. The number of alkyl halides is 3. The molecular formula is C34H36F3N7O3S. The number of imidazole rings is 1. The summed E-state index contributed by atoms with van der Waals surface area (Å²) in [7, 11) is 0. The molecule has 1 unspecified atom stereocenters. The number of halogens is 3. The molecule has 1 atom stereocenters. The molecule has 1 saturated heterocycles. The Morgan fingerprint density at radius 2 is 1.96 bits per heavy atom. The molecule has 2 aromatic carbocycles. The molecule has 3 aromatic heterocycles. The quantitative estimate of drug-likeness (QED) is 0.188. The van der Waals surface area contributed by atoms with Crippen LogP contribution in [-0.4, -0.2) is 73.1 Å². The maximum Gasteiger partial charge on any atom is 0.417 e. The van der Waals surface area contributed by atoms with Gasteiger partial charge >= 0.3 is 6.18 Å². The van der Waals surface area contributed by atoms with Crippen molar-refractivity contribution in [2.24, 2.45) is 5.92 Å². The zero-order chi connectivity index (χ0) is 33.4. The van der Waals surface area contributed by atoms with Gasteiger partial charge in [-0.2, -0.15) is 18.3 Å². The Bertz CT molecular complexity index is 1900. The van der Waals surface area contributed by atoms with E-state index in [2.05, 4.69) is 25.3 Å². The second-order valence-corrected chi connectivity index (χ2v) is 13.3. The Morgan fingerprint density at radius 3 is 2.67 bits per heavy atom. The fourth-order valence-corrected chi connectivity index (χ4v) is 7.30. The van der Waals surface area contributed by atoms with E-state index in [1.54, 1.807) is 49.1 Å². The number of aliphatic hydroxyl groups excluding tert-OH is 1. The first-order valence-electron chi connectivity index (χ1n) is 16.1. The molecule has 5 heterocycles. The Balaban J connectivity index is 1.19. The number of likely N-dealkylation sites (tertiary alicyclic amines) is 1. The summed E-state index contributed by atoms with van der Waals surface area (Å²) in [6.45, 7) is 5.84. The first kappa shape index (κ1) is 32.3. The lowest BCUT2D eigenvalue weighted by molar-refractivity contribution is -0.136. The summed E-state index contributed by atoms with van der Waals surface area (Å²) < 4.78 is 53.2. The van der Waals surface area contributed by atoms with Crippen molar-refractivity contribution in [3.8, 4) is 16.9 Å². The van der Waals surface area contributed by atoms with E-state index >= 15 is 0 Å². The zero-order valence-corrected chi connectivity index (χ0v) is 27.2. The van der Waals surface area contributed by atoms with Crippen LogP contribution in [0.5, 0.6) is 5.75 Å². The van der Waals surface area contributed by atoms with Crippen molar-refractivity contribution in [3.63, 3.8) is 0 Å². The number of rotatable bonds is 10. The number of benzene rings is 2. The molecule has 252 valence electrons. The van der Waals surface area contributed by atoms with E-state index in [0.717, 1.165) is 57.2 Å². The number of carbonyl (C=O) groups is 1. The van der Waals surface area contributed by atoms with Crippen LogP contribution < -0.4 is 10.1 Å². The van der Waals surface area contributed by atoms with E-state index < -0.39 is 23.7 Å². The summed E-state index contributed by atoms with van der Waals surface area (Å²) in [5, 5.41) is 18.8. The van der Waals surface area contributed by atoms with Crippen LogP contribution in [-0.2, 0) is 23.9 Å². The van der Waals surface area contributed by atoms with E-state index in [-0.39, 0.29) is 17.5 Å². The molecule has 1 fully saturated rings. The SMILES string of the molecule is Cc1c(-c2ccc(OCCN3CCC(CO)CC3)cc2)cc(C(F)(F)F)c2cn(C(C(=O)Nc3nccs3)c3ncn4c3CCC4)nc12. The van der Waals surface area contributed by atoms with Gasteiger partial charge in [-0.05, 0) is 86.5 Å². The van der Waals surface area contributed by atoms with E-state index in [1.165, 1.54) is 22.2 Å². The monoisotopic (exact) mass is 679 g/mol. The van der Waals surface area contributed by atoms with E-state index in [0.29, 0.717) is 52.2 Å². The fourth-order valence-electron chi connectivity index (χ4n) is 6.77. The van der Waals surface area contributed by atoms with Crippen LogP contribution >= 0.6 is 11.3 Å². The van der Waals surface area contributed by atoms with Crippen LogP contribution in [0.2, 0.25) is 0 Å². The van der Waals surface area contributed by atoms with Gasteiger partial charge in [-0.15, -0.1) is 11.3 Å². The highest BCUT2D eigenvalue weighted by Gasteiger charge is 2.37. The van der Waals surface area contributed by atoms with Crippen molar-refractivity contribution in [3.05, 3.63) is 76.9 Å². The van der Waals surface area contributed by atoms with Crippen LogP contribution in [0.1, 0.15) is 47.8 Å². The number of carbonyl (C=O) groups excluding carboxylic acids is 1. The number of ether oxygens (including phenoxy) is 1. The summed E-state index contributed by atoms with van der Waals surface area (Å²) in [6, 6.07) is 7.10. The van der Waals surface area contributed by atoms with Crippen molar-refractivity contribution < 1.29 is 27.8 Å². The van der Waals surface area contributed by atoms with Gasteiger partial charge in [-0.1, -0.05) is 12.1 Å². The van der Waals surface area contributed by atoms with Gasteiger partial charge in [0, 0.05) is 48.6 Å². The second kappa shape index (κ2) is 13.3. The van der Waals surface area contributed by atoms with Crippen molar-refractivity contribution in [1.29, 1.82) is 0 Å². The van der Waals surface area contributed by atoms with Gasteiger partial charge in [-0.3, -0.25) is 19.7 Å². The molecule has 0 radical (unpaired) electrons. The third-order valence-electron chi connectivity index (χ3n) is 9.41. The second-order valence-electron chi connectivity index (χ2n) is 12.4. The molecule has 7 rings (SSSR count). The van der Waals surface area contributed by atoms with E-state index in [1.807, 2.05) is 4.57 Å². The van der Waals surface area contributed by atoms with Crippen molar-refractivity contribution in [1.82, 2.24) is 29.2 Å². The largest absolute Gasteiger partial charge is 0.492 e. The molecule has 0 aliphatic carbocycles. The summed E-state index contributed by atoms with van der Waals surface area (Å²) in [5.74, 6) is 0.517. The molecule has 10 nitrogen and oxygen atoms in total. The predicted molar refractivity (Wildman–Crippen MR) is 176 cm³/mol. The standard InChI is InChI=1S/C34H36F3N7O3S/c1-21-25(23-4-6-24(7-5-23)47-15-14-42-12-8-22(19-45)9-13-42)17-27(34(35,36)37)26-18-44(41-29(21)26)31(32(46)40-33-38-10-16-48-33)30-28-3-2-11-43(28)20-39-30/h4-7,10,16-18,20,22,31,45H,2-3,8-9,11-15,19H2,1H3,(H,38,40,46). The Kier molecular flexibility index (Phi) is 8.96. The molecule has 2 aliphatic rings. The molecule has 2 aliphatic heterocycles. The third-order valence-corrected chi connectivity index (χ3v) is 10.1. The Hall–Kier alpha value is -4.27. The van der Waals surface area contributed by atoms with Gasteiger partial charge in [0.1, 0.15) is 12.4 Å². The van der Waals surface area contributed by atoms with Crippen LogP contribution in [0.3, 0.4) is 0 Å². The molecule has 2 N–H and O–H groups in total. The summed E-state index contributed by atoms with van der Waals surface area (Å²) in [4.78, 5) is 24.8. The molecule has 5 aromatic rings. The number of aromatic nitrogens is 5. The number of piperidine rings is 1. The first-order valence-corrected chi connectivity index (χ1v) is 17.0. The lowest BCUT2D eigenvalue weighted by Crippen LogP contribution is -2.37. The zero-order valence-electron chi connectivity index (χ0n) is 26.4. The summed E-state index contributed by atoms with van der Waals surface area (Å²) in [6.07, 6.45) is 3.41. The number of thiazole rings is 1. The highest BCUT2D eigenvalue weighted by Crippen LogP contribution is 2.41. The molecule has 48 heavy (non-hydrogen) atoms. The lowest BCUT2D eigenvalue weighted by atomic mass is 9.95. The van der Waals surface area contributed by atoms with Crippen molar-refractivity contribution >= 4 is 33.3 Å². The normalized spacial score (nSPS) is 16.4. The molecular weight excluding hydrogens is 643 g/mol. The molecule has 1 amide bonds. The van der Waals surface area contributed by atoms with Crippen LogP contribution in [0.4, 0.5) is 18.3 Å². The minimum atomic E-state index is -4.67. The van der Waals surface area contributed by atoms with E-state index in [9.17, 15) is 23.1 Å². The van der Waals surface area contributed by atoms with Crippen LogP contribution in [0.15, 0.2) is 54.4 Å². The molecule has 0 spiro atoms. The lowest BCUT2D eigenvalue weighted by Gasteiger charge is -2.30. The number of hydrogen-bond acceptors (Lipinski definition) is 8. The third kappa shape index (κ3) is 6.43. The number of anilines is 1. The minimum absolute atomic E-state index is 0.0883. The minimum Gasteiger partial charge on any atom is -0.492 e. The number of aliphatic hydroxyl groups is 1. The van der Waals surface area contributed by atoms with Crippen molar-refractivity contribution in [2.75, 3.05) is 38.2 Å². The Labute approximate surface area is 279 Å². The highest BCUT2D eigenvalue weighted by molar-refractivity contribution is 7.13. The van der Waals surface area contributed by atoms with Crippen molar-refractivity contribution in [2.45, 2.75) is 51.4 Å². The average Bonchev–Trinajstić information content (AvgIpc) is 3.89. The first-order chi connectivity index (χ1) is 23.2. The maximum absolute atomic E-state index is 14.6. The number of fused-ring (bicyclic) bond motifs is 2. The van der Waals surface area contributed by atoms with Crippen LogP contribution in [0.25, 0.3) is 22.0 Å². The van der Waals surface area contributed by atoms with Crippen LogP contribution in [0, 0.1) is 12.8 Å². The predicted octanol–water partition coefficient (Wildman–Crippen LogP) is 5.94. The van der Waals surface area contributed by atoms with E-state index in [4.69, 9.17) is 4.74 Å². The van der Waals surface area contributed by atoms with Gasteiger partial charge < -0.3 is 14.4 Å². The average molecular weight is 680 g/mol. The smallest absolute Gasteiger partial charge is 0.417 e. The fraction of sp³-hybridized carbons (Fsp3) is 0.412. The summed E-state index contributed by atoms with van der Waals surface area (Å²) >= 11 is 1.25. The maximum atomic E-state index is 14.6. The molecule has 0 bridgehead atoms. The number of hydrogen-bond donors (Lipinski definition) is 2. The van der Waals surface area contributed by atoms with Gasteiger partial charge in [-0.25, -0.2) is 9.97 Å². The number of nitrogens with zero attached hydrogens (tertiary/aromatic N) is 6. The topological polar surface area (TPSA) is 110 Å². The van der Waals surface area contributed by atoms with Gasteiger partial charge in [0.15, 0.2) is 11.2 Å². The number of amides is 1.